The molecule has 1 N–H and O–H groups in total. The molecule has 1 atom stereocenters. The SMILES string of the molecule is CSCC[C@@H](NC(=O)Cc1csc(-c2cccnc2)n1)c1nnc2ccccn12. The van der Waals surface area contributed by atoms with Crippen molar-refractivity contribution in [2.24, 2.45) is 0 Å². The van der Waals surface area contributed by atoms with E-state index in [9.17, 15) is 4.79 Å². The topological polar surface area (TPSA) is 85.1 Å². The van der Waals surface area contributed by atoms with Gasteiger partial charge in [0.2, 0.25) is 5.91 Å². The van der Waals surface area contributed by atoms with E-state index in [0.717, 1.165) is 39.9 Å². The maximum Gasteiger partial charge on any atom is 0.226 e. The second-order valence-corrected chi connectivity index (χ2v) is 8.29. The molecule has 4 rings (SSSR count). The van der Waals surface area contributed by atoms with Crippen molar-refractivity contribution >= 4 is 34.7 Å². The van der Waals surface area contributed by atoms with E-state index in [-0.39, 0.29) is 18.4 Å². The summed E-state index contributed by atoms with van der Waals surface area (Å²) in [5.41, 5.74) is 2.48. The standard InChI is InChI=1S/C20H20N6OS2/c1-28-10-7-16(19-25-24-17-6-2-3-9-26(17)19)23-18(27)11-15-13-29-20(22-15)14-5-4-8-21-12-14/h2-6,8-9,12-13,16H,7,10-11H2,1H3,(H,23,27)/t16-/m1/s1. The molecule has 0 aliphatic carbocycles. The van der Waals surface area contributed by atoms with Gasteiger partial charge in [0.1, 0.15) is 5.01 Å². The second-order valence-electron chi connectivity index (χ2n) is 6.45. The molecule has 0 saturated carbocycles. The number of thioether (sulfide) groups is 1. The van der Waals surface area contributed by atoms with Gasteiger partial charge in [0.25, 0.3) is 0 Å². The Kier molecular flexibility index (Phi) is 6.16. The van der Waals surface area contributed by atoms with Gasteiger partial charge < -0.3 is 5.32 Å². The molecule has 1 amide bonds. The molecule has 0 aromatic carbocycles. The first kappa shape index (κ1) is 19.5. The van der Waals surface area contributed by atoms with Crippen molar-refractivity contribution < 1.29 is 4.79 Å². The van der Waals surface area contributed by atoms with Crippen LogP contribution < -0.4 is 5.32 Å². The molecule has 9 heteroatoms. The predicted octanol–water partition coefficient (Wildman–Crippen LogP) is 3.40. The molecule has 4 aromatic rings. The van der Waals surface area contributed by atoms with Crippen LogP contribution in [0.2, 0.25) is 0 Å². The summed E-state index contributed by atoms with van der Waals surface area (Å²) in [5, 5.41) is 14.4. The summed E-state index contributed by atoms with van der Waals surface area (Å²) in [7, 11) is 0. The third-order valence-electron chi connectivity index (χ3n) is 4.40. The third-order valence-corrected chi connectivity index (χ3v) is 5.98. The first-order valence-electron chi connectivity index (χ1n) is 9.17. The van der Waals surface area contributed by atoms with Crippen LogP contribution in [0, 0.1) is 0 Å². The van der Waals surface area contributed by atoms with Crippen molar-refractivity contribution in [1.82, 2.24) is 29.9 Å². The van der Waals surface area contributed by atoms with Gasteiger partial charge in [-0.25, -0.2) is 4.98 Å². The highest BCUT2D eigenvalue weighted by atomic mass is 32.2. The molecule has 0 unspecified atom stereocenters. The van der Waals surface area contributed by atoms with Gasteiger partial charge in [-0.05, 0) is 42.7 Å². The van der Waals surface area contributed by atoms with Crippen LogP contribution in [0.1, 0.15) is 24.0 Å². The average molecular weight is 425 g/mol. The minimum absolute atomic E-state index is 0.0770. The van der Waals surface area contributed by atoms with Crippen LogP contribution in [-0.2, 0) is 11.2 Å². The zero-order valence-corrected chi connectivity index (χ0v) is 17.5. The molecule has 0 aliphatic heterocycles. The number of thiazole rings is 1. The summed E-state index contributed by atoms with van der Waals surface area (Å²) in [5.74, 6) is 1.58. The highest BCUT2D eigenvalue weighted by Crippen LogP contribution is 2.23. The summed E-state index contributed by atoms with van der Waals surface area (Å²) < 4.78 is 1.93. The summed E-state index contributed by atoms with van der Waals surface area (Å²) in [6.45, 7) is 0. The maximum absolute atomic E-state index is 12.7. The van der Waals surface area contributed by atoms with E-state index >= 15 is 0 Å². The third kappa shape index (κ3) is 4.63. The summed E-state index contributed by atoms with van der Waals surface area (Å²) in [4.78, 5) is 21.4. The van der Waals surface area contributed by atoms with E-state index in [1.165, 1.54) is 11.3 Å². The van der Waals surface area contributed by atoms with Crippen LogP contribution in [0.25, 0.3) is 16.2 Å². The average Bonchev–Trinajstić information content (AvgIpc) is 3.39. The fourth-order valence-corrected chi connectivity index (χ4v) is 4.30. The Bertz CT molecular complexity index is 1090. The first-order chi connectivity index (χ1) is 14.2. The largest absolute Gasteiger partial charge is 0.346 e. The molecule has 0 fully saturated rings. The molecule has 4 aromatic heterocycles. The van der Waals surface area contributed by atoms with E-state index in [1.807, 2.05) is 46.3 Å². The highest BCUT2D eigenvalue weighted by Gasteiger charge is 2.21. The molecule has 148 valence electrons. The van der Waals surface area contributed by atoms with Gasteiger partial charge >= 0.3 is 0 Å². The van der Waals surface area contributed by atoms with E-state index in [0.29, 0.717) is 0 Å². The number of pyridine rings is 2. The molecule has 4 heterocycles. The number of nitrogens with zero attached hydrogens (tertiary/aromatic N) is 5. The van der Waals surface area contributed by atoms with E-state index in [4.69, 9.17) is 0 Å². The number of fused-ring (bicyclic) bond motifs is 1. The monoisotopic (exact) mass is 424 g/mol. The lowest BCUT2D eigenvalue weighted by molar-refractivity contribution is -0.121. The van der Waals surface area contributed by atoms with Crippen molar-refractivity contribution in [2.75, 3.05) is 12.0 Å². The zero-order valence-electron chi connectivity index (χ0n) is 15.9. The number of hydrogen-bond acceptors (Lipinski definition) is 7. The second kappa shape index (κ2) is 9.15. The van der Waals surface area contributed by atoms with Crippen LogP contribution in [0.4, 0.5) is 0 Å². The summed E-state index contributed by atoms with van der Waals surface area (Å²) in [6.07, 6.45) is 8.48. The van der Waals surface area contributed by atoms with Gasteiger partial charge in [0.15, 0.2) is 11.5 Å². The number of amides is 1. The van der Waals surface area contributed by atoms with Crippen molar-refractivity contribution in [3.8, 4) is 10.6 Å². The number of carbonyl (C=O) groups is 1. The Labute approximate surface area is 176 Å². The maximum atomic E-state index is 12.7. The van der Waals surface area contributed by atoms with E-state index in [1.54, 1.807) is 24.2 Å². The summed E-state index contributed by atoms with van der Waals surface area (Å²) in [6, 6.07) is 9.39. The Morgan fingerprint density at radius 2 is 2.21 bits per heavy atom. The van der Waals surface area contributed by atoms with Crippen LogP contribution >= 0.6 is 23.1 Å². The Balaban J connectivity index is 1.48. The highest BCUT2D eigenvalue weighted by molar-refractivity contribution is 7.98. The van der Waals surface area contributed by atoms with E-state index in [2.05, 4.69) is 31.7 Å². The molecular weight excluding hydrogens is 404 g/mol. The van der Waals surface area contributed by atoms with Gasteiger partial charge in [-0.3, -0.25) is 14.2 Å². The number of hydrogen-bond donors (Lipinski definition) is 1. The fourth-order valence-electron chi connectivity index (χ4n) is 3.02. The lowest BCUT2D eigenvalue weighted by atomic mass is 10.2. The van der Waals surface area contributed by atoms with Gasteiger partial charge in [0.05, 0.1) is 18.2 Å². The number of nitrogens with one attached hydrogen (secondary N) is 1. The Morgan fingerprint density at radius 1 is 1.28 bits per heavy atom. The summed E-state index contributed by atoms with van der Waals surface area (Å²) >= 11 is 3.26. The van der Waals surface area contributed by atoms with Crippen LogP contribution in [-0.4, -0.2) is 42.5 Å². The number of aromatic nitrogens is 5. The smallest absolute Gasteiger partial charge is 0.226 e. The number of carbonyl (C=O) groups excluding carboxylic acids is 1. The molecule has 0 bridgehead atoms. The van der Waals surface area contributed by atoms with Gasteiger partial charge in [-0.2, -0.15) is 11.8 Å². The van der Waals surface area contributed by atoms with Gasteiger partial charge in [0, 0.05) is 29.5 Å². The van der Waals surface area contributed by atoms with Crippen LogP contribution in [0.5, 0.6) is 0 Å². The minimum atomic E-state index is -0.205. The fraction of sp³-hybridized carbons (Fsp3) is 0.250. The van der Waals surface area contributed by atoms with Crippen LogP contribution in [0.15, 0.2) is 54.3 Å². The first-order valence-corrected chi connectivity index (χ1v) is 11.4. The molecule has 29 heavy (non-hydrogen) atoms. The Morgan fingerprint density at radius 3 is 3.03 bits per heavy atom. The van der Waals surface area contributed by atoms with Crippen LogP contribution in [0.3, 0.4) is 0 Å². The molecule has 0 radical (unpaired) electrons. The molecule has 0 saturated heterocycles. The van der Waals surface area contributed by atoms with Gasteiger partial charge in [-0.15, -0.1) is 21.5 Å². The van der Waals surface area contributed by atoms with Gasteiger partial charge in [-0.1, -0.05) is 6.07 Å². The normalized spacial score (nSPS) is 12.2. The molecule has 0 aliphatic rings. The van der Waals surface area contributed by atoms with Crippen molar-refractivity contribution in [2.45, 2.75) is 18.9 Å². The van der Waals surface area contributed by atoms with Crippen molar-refractivity contribution in [1.29, 1.82) is 0 Å². The lowest BCUT2D eigenvalue weighted by Crippen LogP contribution is -2.31. The quantitative estimate of drug-likeness (QED) is 0.467. The zero-order chi connectivity index (χ0) is 20.1. The molecule has 0 spiro atoms. The van der Waals surface area contributed by atoms with Crippen molar-refractivity contribution in [3.63, 3.8) is 0 Å². The Hall–Kier alpha value is -2.78. The van der Waals surface area contributed by atoms with Crippen molar-refractivity contribution in [3.05, 3.63) is 65.8 Å². The predicted molar refractivity (Wildman–Crippen MR) is 116 cm³/mol. The van der Waals surface area contributed by atoms with E-state index < -0.39 is 0 Å². The molecule has 7 nitrogen and oxygen atoms in total. The minimum Gasteiger partial charge on any atom is -0.346 e. The lowest BCUT2D eigenvalue weighted by Gasteiger charge is -2.16. The molecular formula is C20H20N6OS2. The number of rotatable bonds is 8.